The summed E-state index contributed by atoms with van der Waals surface area (Å²) in [6.45, 7) is 1.18. The van der Waals surface area contributed by atoms with Crippen LogP contribution in [0.2, 0.25) is 5.02 Å². The molecule has 2 N–H and O–H groups in total. The number of hydrogen-bond donors (Lipinski definition) is 2. The van der Waals surface area contributed by atoms with Crippen molar-refractivity contribution in [2.45, 2.75) is 44.2 Å². The van der Waals surface area contributed by atoms with Gasteiger partial charge in [0, 0.05) is 25.0 Å². The van der Waals surface area contributed by atoms with E-state index in [2.05, 4.69) is 10.6 Å². The first-order chi connectivity index (χ1) is 14.0. The lowest BCUT2D eigenvalue weighted by Gasteiger charge is -2.34. The topological polar surface area (TPSA) is 78.5 Å². The number of hydrogen-bond acceptors (Lipinski definition) is 4. The smallest absolute Gasteiger partial charge is 0.253 e. The van der Waals surface area contributed by atoms with Crippen LogP contribution in [0, 0.1) is 5.92 Å². The fourth-order valence-corrected chi connectivity index (χ4v) is 4.20. The number of amides is 3. The van der Waals surface area contributed by atoms with E-state index >= 15 is 0 Å². The Kier molecular flexibility index (Phi) is 7.84. The Hall–Kier alpha value is -1.73. The Balaban J connectivity index is 1.56. The first kappa shape index (κ1) is 22.0. The molecule has 1 aromatic carbocycles. The van der Waals surface area contributed by atoms with Crippen molar-refractivity contribution in [3.8, 4) is 0 Å². The summed E-state index contributed by atoms with van der Waals surface area (Å²) in [5.41, 5.74) is 0.373. The van der Waals surface area contributed by atoms with Gasteiger partial charge in [0.1, 0.15) is 6.04 Å². The van der Waals surface area contributed by atoms with Gasteiger partial charge in [-0.15, -0.1) is 0 Å². The van der Waals surface area contributed by atoms with Gasteiger partial charge < -0.3 is 15.5 Å². The highest BCUT2D eigenvalue weighted by atomic mass is 35.5. The van der Waals surface area contributed by atoms with Crippen molar-refractivity contribution in [2.24, 2.45) is 5.92 Å². The molecule has 2 aliphatic rings. The Labute approximate surface area is 181 Å². The number of thioether (sulfide) groups is 1. The van der Waals surface area contributed by atoms with E-state index in [1.807, 2.05) is 6.26 Å². The molecular formula is C21H28ClN3O3S. The lowest BCUT2D eigenvalue weighted by molar-refractivity contribution is -0.134. The lowest BCUT2D eigenvalue weighted by atomic mass is 10.0. The maximum Gasteiger partial charge on any atom is 0.253 e. The Morgan fingerprint density at radius 1 is 1.17 bits per heavy atom. The average molecular weight is 438 g/mol. The highest BCUT2D eigenvalue weighted by Gasteiger charge is 2.33. The summed E-state index contributed by atoms with van der Waals surface area (Å²) in [6.07, 6.45) is 6.02. The van der Waals surface area contributed by atoms with Gasteiger partial charge in [0.15, 0.2) is 0 Å². The number of nitrogens with one attached hydrogen (secondary N) is 2. The molecule has 1 heterocycles. The number of likely N-dealkylation sites (tertiary alicyclic amines) is 1. The van der Waals surface area contributed by atoms with Crippen LogP contribution in [0.4, 0.5) is 0 Å². The van der Waals surface area contributed by atoms with Gasteiger partial charge in [-0.25, -0.2) is 0 Å². The van der Waals surface area contributed by atoms with Crippen molar-refractivity contribution >= 4 is 41.1 Å². The zero-order chi connectivity index (χ0) is 20.8. The second-order valence-corrected chi connectivity index (χ2v) is 9.06. The molecule has 1 saturated carbocycles. The van der Waals surface area contributed by atoms with Crippen LogP contribution in [0.1, 0.15) is 42.5 Å². The van der Waals surface area contributed by atoms with Crippen LogP contribution in [0.3, 0.4) is 0 Å². The second-order valence-electron chi connectivity index (χ2n) is 7.67. The summed E-state index contributed by atoms with van der Waals surface area (Å²) in [6, 6.07) is 6.39. The van der Waals surface area contributed by atoms with Crippen LogP contribution in [0.15, 0.2) is 24.3 Å². The molecule has 1 aliphatic heterocycles. The highest BCUT2D eigenvalue weighted by molar-refractivity contribution is 7.98. The molecular weight excluding hydrogens is 410 g/mol. The summed E-state index contributed by atoms with van der Waals surface area (Å²) in [5, 5.41) is 6.34. The van der Waals surface area contributed by atoms with Gasteiger partial charge in [-0.3, -0.25) is 14.4 Å². The van der Waals surface area contributed by atoms with E-state index in [1.54, 1.807) is 40.9 Å². The van der Waals surface area contributed by atoms with Crippen LogP contribution in [-0.4, -0.2) is 59.8 Å². The minimum atomic E-state index is -0.580. The number of benzene rings is 1. The van der Waals surface area contributed by atoms with Crippen LogP contribution in [0.25, 0.3) is 0 Å². The maximum absolute atomic E-state index is 13.1. The second kappa shape index (κ2) is 10.3. The standard InChI is InChI=1S/C21H28ClN3O3S/c1-29-13-10-18(24-20(27)16-4-2-3-5-17(16)22)21(28)25-11-8-15(9-12-25)23-19(26)14-6-7-14/h2-5,14-15,18H,6-13H2,1H3,(H,23,26)(H,24,27). The zero-order valence-corrected chi connectivity index (χ0v) is 18.2. The molecule has 0 radical (unpaired) electrons. The molecule has 3 rings (SSSR count). The van der Waals surface area contributed by atoms with E-state index in [0.717, 1.165) is 31.4 Å². The van der Waals surface area contributed by atoms with Crippen LogP contribution in [0.5, 0.6) is 0 Å². The highest BCUT2D eigenvalue weighted by Crippen LogP contribution is 2.29. The Bertz CT molecular complexity index is 748. The van der Waals surface area contributed by atoms with Crippen LogP contribution in [-0.2, 0) is 9.59 Å². The molecule has 8 heteroatoms. The average Bonchev–Trinajstić information content (AvgIpc) is 3.57. The van der Waals surface area contributed by atoms with Crippen molar-refractivity contribution in [3.63, 3.8) is 0 Å². The molecule has 0 bridgehead atoms. The summed E-state index contributed by atoms with van der Waals surface area (Å²) < 4.78 is 0. The molecule has 29 heavy (non-hydrogen) atoms. The van der Waals surface area contributed by atoms with Crippen LogP contribution >= 0.6 is 23.4 Å². The van der Waals surface area contributed by atoms with E-state index in [0.29, 0.717) is 30.1 Å². The molecule has 3 amide bonds. The third-order valence-corrected chi connectivity index (χ3v) is 6.41. The van der Waals surface area contributed by atoms with E-state index in [9.17, 15) is 14.4 Å². The van der Waals surface area contributed by atoms with E-state index < -0.39 is 6.04 Å². The predicted molar refractivity (Wildman–Crippen MR) is 116 cm³/mol. The Morgan fingerprint density at radius 2 is 1.86 bits per heavy atom. The molecule has 158 valence electrons. The van der Waals surface area contributed by atoms with Crippen LogP contribution < -0.4 is 10.6 Å². The minimum absolute atomic E-state index is 0.0635. The number of halogens is 1. The fraction of sp³-hybridized carbons (Fsp3) is 0.571. The number of carbonyl (C=O) groups excluding carboxylic acids is 3. The van der Waals surface area contributed by atoms with Crippen molar-refractivity contribution in [1.29, 1.82) is 0 Å². The van der Waals surface area contributed by atoms with Gasteiger partial charge in [0.2, 0.25) is 11.8 Å². The minimum Gasteiger partial charge on any atom is -0.353 e. The number of nitrogens with zero attached hydrogens (tertiary/aromatic N) is 1. The molecule has 1 aliphatic carbocycles. The summed E-state index contributed by atoms with van der Waals surface area (Å²) in [5.74, 6) is 0.728. The number of carbonyl (C=O) groups is 3. The van der Waals surface area contributed by atoms with Crippen molar-refractivity contribution in [2.75, 3.05) is 25.1 Å². The summed E-state index contributed by atoms with van der Waals surface area (Å²) in [7, 11) is 0. The first-order valence-electron chi connectivity index (χ1n) is 10.1. The molecule has 1 atom stereocenters. The molecule has 1 aromatic rings. The van der Waals surface area contributed by atoms with Crippen molar-refractivity contribution < 1.29 is 14.4 Å². The molecule has 1 saturated heterocycles. The third-order valence-electron chi connectivity index (χ3n) is 5.43. The fourth-order valence-electron chi connectivity index (χ4n) is 3.50. The van der Waals surface area contributed by atoms with Gasteiger partial charge in [-0.1, -0.05) is 23.7 Å². The van der Waals surface area contributed by atoms with Gasteiger partial charge in [0.25, 0.3) is 5.91 Å². The molecule has 6 nitrogen and oxygen atoms in total. The SMILES string of the molecule is CSCCC(NC(=O)c1ccccc1Cl)C(=O)N1CCC(NC(=O)C2CC2)CC1. The quantitative estimate of drug-likeness (QED) is 0.655. The Morgan fingerprint density at radius 3 is 2.48 bits per heavy atom. The van der Waals surface area contributed by atoms with Gasteiger partial charge in [-0.2, -0.15) is 11.8 Å². The van der Waals surface area contributed by atoms with Gasteiger partial charge >= 0.3 is 0 Å². The van der Waals surface area contributed by atoms with Crippen molar-refractivity contribution in [3.05, 3.63) is 34.9 Å². The summed E-state index contributed by atoms with van der Waals surface area (Å²) in [4.78, 5) is 39.5. The van der Waals surface area contributed by atoms with E-state index in [-0.39, 0.29) is 29.7 Å². The normalized spacial score (nSPS) is 18.2. The number of rotatable bonds is 8. The largest absolute Gasteiger partial charge is 0.353 e. The maximum atomic E-state index is 13.1. The molecule has 1 unspecified atom stereocenters. The predicted octanol–water partition coefficient (Wildman–Crippen LogP) is 2.71. The molecule has 2 fully saturated rings. The third kappa shape index (κ3) is 6.12. The van der Waals surface area contributed by atoms with Crippen molar-refractivity contribution in [1.82, 2.24) is 15.5 Å². The zero-order valence-electron chi connectivity index (χ0n) is 16.7. The van der Waals surface area contributed by atoms with Gasteiger partial charge in [-0.05, 0) is 56.2 Å². The van der Waals surface area contributed by atoms with Gasteiger partial charge in [0.05, 0.1) is 10.6 Å². The molecule has 0 aromatic heterocycles. The summed E-state index contributed by atoms with van der Waals surface area (Å²) >= 11 is 7.76. The van der Waals surface area contributed by atoms with E-state index in [1.165, 1.54) is 0 Å². The van der Waals surface area contributed by atoms with E-state index in [4.69, 9.17) is 11.6 Å². The first-order valence-corrected chi connectivity index (χ1v) is 11.9. The number of piperidine rings is 1. The monoisotopic (exact) mass is 437 g/mol. The molecule has 0 spiro atoms. The lowest BCUT2D eigenvalue weighted by Crippen LogP contribution is -2.53.